The van der Waals surface area contributed by atoms with Crippen LogP contribution in [-0.4, -0.2) is 37.4 Å². The summed E-state index contributed by atoms with van der Waals surface area (Å²) in [4.78, 5) is 8.95. The molecule has 2 rings (SSSR count). The van der Waals surface area contributed by atoms with Crippen molar-refractivity contribution < 1.29 is 12.8 Å². The van der Waals surface area contributed by atoms with Crippen LogP contribution >= 0.6 is 12.6 Å². The summed E-state index contributed by atoms with van der Waals surface area (Å²) < 4.78 is 38.2. The Hall–Kier alpha value is -1.93. The summed E-state index contributed by atoms with van der Waals surface area (Å²) in [7, 11) is -2.11. The van der Waals surface area contributed by atoms with Crippen LogP contribution in [0.1, 0.15) is 31.0 Å². The monoisotopic (exact) mass is 395 g/mol. The molecule has 1 aromatic heterocycles. The van der Waals surface area contributed by atoms with Gasteiger partial charge < -0.3 is 0 Å². The van der Waals surface area contributed by atoms with Crippen LogP contribution in [0.25, 0.3) is 17.3 Å². The molecule has 0 amide bonds. The third-order valence-corrected chi connectivity index (χ3v) is 5.17. The van der Waals surface area contributed by atoms with Crippen molar-refractivity contribution in [3.05, 3.63) is 47.4 Å². The van der Waals surface area contributed by atoms with Crippen molar-refractivity contribution >= 4 is 34.7 Å². The van der Waals surface area contributed by atoms with Gasteiger partial charge in [0.1, 0.15) is 5.82 Å². The first-order valence-corrected chi connectivity index (χ1v) is 10.5. The van der Waals surface area contributed by atoms with Crippen LogP contribution < -0.4 is 4.31 Å². The lowest BCUT2D eigenvalue weighted by molar-refractivity contribution is 0.599. The molecule has 0 N–H and O–H groups in total. The molecule has 0 radical (unpaired) electrons. The van der Waals surface area contributed by atoms with Gasteiger partial charge in [-0.1, -0.05) is 26.0 Å². The van der Waals surface area contributed by atoms with Crippen molar-refractivity contribution in [2.75, 3.05) is 23.4 Å². The Morgan fingerprint density at radius 2 is 1.85 bits per heavy atom. The number of thiol groups is 1. The molecule has 0 spiro atoms. The first-order valence-electron chi connectivity index (χ1n) is 8.04. The second-order valence-electron chi connectivity index (χ2n) is 6.15. The Labute approximate surface area is 159 Å². The quantitative estimate of drug-likeness (QED) is 0.757. The fraction of sp³-hybridized carbons (Fsp3) is 0.333. The van der Waals surface area contributed by atoms with Crippen molar-refractivity contribution in [3.8, 4) is 11.3 Å². The summed E-state index contributed by atoms with van der Waals surface area (Å²) in [6.07, 6.45) is 4.82. The van der Waals surface area contributed by atoms with E-state index in [9.17, 15) is 12.8 Å². The summed E-state index contributed by atoms with van der Waals surface area (Å²) in [6.45, 7) is 3.94. The molecule has 0 fully saturated rings. The van der Waals surface area contributed by atoms with Gasteiger partial charge in [-0.15, -0.1) is 0 Å². The predicted octanol–water partition coefficient (Wildman–Crippen LogP) is 3.74. The topological polar surface area (TPSA) is 63.2 Å². The highest BCUT2D eigenvalue weighted by Gasteiger charge is 2.21. The minimum Gasteiger partial charge on any atom is -0.241 e. The lowest BCUT2D eigenvalue weighted by Gasteiger charge is -2.20. The zero-order valence-electron chi connectivity index (χ0n) is 15.1. The predicted molar refractivity (Wildman–Crippen MR) is 108 cm³/mol. The van der Waals surface area contributed by atoms with Gasteiger partial charge in [0.2, 0.25) is 16.0 Å². The smallest absolute Gasteiger partial charge is 0.239 e. The minimum atomic E-state index is -3.52. The summed E-state index contributed by atoms with van der Waals surface area (Å²) in [6, 6.07) is 5.92. The molecule has 0 saturated carbocycles. The highest BCUT2D eigenvalue weighted by atomic mass is 32.2. The highest BCUT2D eigenvalue weighted by Crippen LogP contribution is 2.31. The Balaban J connectivity index is 2.81. The molecule has 8 heteroatoms. The van der Waals surface area contributed by atoms with E-state index in [0.29, 0.717) is 22.7 Å². The van der Waals surface area contributed by atoms with Gasteiger partial charge >= 0.3 is 0 Å². The Kier molecular flexibility index (Phi) is 6.41. The number of hydrogen-bond acceptors (Lipinski definition) is 5. The number of sulfonamides is 1. The van der Waals surface area contributed by atoms with E-state index in [1.54, 1.807) is 12.1 Å². The molecule has 0 bridgehead atoms. The van der Waals surface area contributed by atoms with E-state index in [1.165, 1.54) is 19.2 Å². The molecular weight excluding hydrogens is 373 g/mol. The number of halogens is 1. The number of hydrogen-bond donors (Lipinski definition) is 1. The molecule has 0 aliphatic rings. The van der Waals surface area contributed by atoms with Crippen LogP contribution in [0.5, 0.6) is 0 Å². The molecule has 140 valence electrons. The maximum Gasteiger partial charge on any atom is 0.239 e. The second kappa shape index (κ2) is 8.18. The largest absolute Gasteiger partial charge is 0.241 e. The van der Waals surface area contributed by atoms with Crippen LogP contribution in [0.4, 0.5) is 10.3 Å². The summed E-state index contributed by atoms with van der Waals surface area (Å²) >= 11 is 4.20. The molecule has 5 nitrogen and oxygen atoms in total. The molecule has 0 aliphatic carbocycles. The van der Waals surface area contributed by atoms with Crippen molar-refractivity contribution in [2.24, 2.45) is 0 Å². The summed E-state index contributed by atoms with van der Waals surface area (Å²) in [5.41, 5.74) is 2.71. The fourth-order valence-corrected chi connectivity index (χ4v) is 2.85. The zero-order chi connectivity index (χ0) is 19.5. The van der Waals surface area contributed by atoms with E-state index < -0.39 is 10.0 Å². The molecule has 0 aliphatic heterocycles. The lowest BCUT2D eigenvalue weighted by atomic mass is 9.98. The van der Waals surface area contributed by atoms with Gasteiger partial charge in [0.25, 0.3) is 0 Å². The molecular formula is C18H22FN3O2S2. The molecule has 0 saturated heterocycles. The van der Waals surface area contributed by atoms with E-state index in [4.69, 9.17) is 0 Å². The summed E-state index contributed by atoms with van der Waals surface area (Å²) in [5, 5.41) is 0. The first kappa shape index (κ1) is 20.4. The van der Waals surface area contributed by atoms with E-state index >= 15 is 0 Å². The molecule has 0 unspecified atom stereocenters. The van der Waals surface area contributed by atoms with Crippen molar-refractivity contribution in [3.63, 3.8) is 0 Å². The first-order chi connectivity index (χ1) is 12.1. The van der Waals surface area contributed by atoms with Gasteiger partial charge in [-0.2, -0.15) is 12.6 Å². The van der Waals surface area contributed by atoms with Crippen LogP contribution in [0.3, 0.4) is 0 Å². The molecule has 1 aromatic carbocycles. The van der Waals surface area contributed by atoms with Crippen molar-refractivity contribution in [1.29, 1.82) is 0 Å². The van der Waals surface area contributed by atoms with Gasteiger partial charge in [0.05, 0.1) is 17.6 Å². The maximum atomic E-state index is 13.3. The van der Waals surface area contributed by atoms with Crippen LogP contribution in [0.2, 0.25) is 0 Å². The van der Waals surface area contributed by atoms with E-state index in [-0.39, 0.29) is 17.7 Å². The Bertz CT molecular complexity index is 911. The average molecular weight is 396 g/mol. The Morgan fingerprint density at radius 3 is 2.35 bits per heavy atom. The van der Waals surface area contributed by atoms with E-state index in [2.05, 4.69) is 22.6 Å². The Morgan fingerprint density at radius 1 is 1.23 bits per heavy atom. The number of benzene rings is 1. The molecule has 0 atom stereocenters. The number of rotatable bonds is 6. The van der Waals surface area contributed by atoms with Gasteiger partial charge in [0.15, 0.2) is 0 Å². The van der Waals surface area contributed by atoms with Crippen molar-refractivity contribution in [2.45, 2.75) is 19.8 Å². The van der Waals surface area contributed by atoms with Crippen LogP contribution in [-0.2, 0) is 10.0 Å². The van der Waals surface area contributed by atoms with Gasteiger partial charge in [-0.25, -0.2) is 27.1 Å². The average Bonchev–Trinajstić information content (AvgIpc) is 2.58. The molecule has 1 heterocycles. The second-order valence-corrected chi connectivity index (χ2v) is 8.53. The van der Waals surface area contributed by atoms with Crippen LogP contribution in [0.15, 0.2) is 30.3 Å². The van der Waals surface area contributed by atoms with E-state index in [0.717, 1.165) is 16.1 Å². The normalized spacial score (nSPS) is 12.1. The molecule has 26 heavy (non-hydrogen) atoms. The lowest BCUT2D eigenvalue weighted by Crippen LogP contribution is -2.27. The minimum absolute atomic E-state index is 0.0310. The van der Waals surface area contributed by atoms with Gasteiger partial charge in [-0.3, -0.25) is 0 Å². The van der Waals surface area contributed by atoms with E-state index in [1.807, 2.05) is 26.0 Å². The zero-order valence-corrected chi connectivity index (χ0v) is 16.9. The third-order valence-electron chi connectivity index (χ3n) is 3.80. The maximum absolute atomic E-state index is 13.3. The van der Waals surface area contributed by atoms with Gasteiger partial charge in [-0.05, 0) is 30.2 Å². The standard InChI is InChI=1S/C18H22FN3O2S2/c1-12(2)16-15(6-5-11-25)17(13-7-9-14(19)10-8-13)21-18(20-16)22(3)26(4,23)24/h5-10,12,25H,11H2,1-4H3. The molecule has 2 aromatic rings. The fourth-order valence-electron chi connectivity index (χ4n) is 2.37. The highest BCUT2D eigenvalue weighted by molar-refractivity contribution is 7.92. The van der Waals surface area contributed by atoms with Gasteiger partial charge in [0, 0.05) is 23.9 Å². The van der Waals surface area contributed by atoms with Crippen molar-refractivity contribution in [1.82, 2.24) is 9.97 Å². The SMILES string of the molecule is CC(C)c1nc(N(C)S(C)(=O)=O)nc(-c2ccc(F)cc2)c1C=CCS. The third kappa shape index (κ3) is 4.62. The number of nitrogens with zero attached hydrogens (tertiary/aromatic N) is 3. The number of anilines is 1. The number of aromatic nitrogens is 2. The van der Waals surface area contributed by atoms with Crippen LogP contribution in [0, 0.1) is 5.82 Å². The summed E-state index contributed by atoms with van der Waals surface area (Å²) in [5.74, 6) is 0.292.